The van der Waals surface area contributed by atoms with E-state index in [9.17, 15) is 0 Å². The Morgan fingerprint density at radius 3 is 2.13 bits per heavy atom. The maximum absolute atomic E-state index is 5.73. The van der Waals surface area contributed by atoms with E-state index in [4.69, 9.17) is 9.47 Å². The predicted octanol–water partition coefficient (Wildman–Crippen LogP) is 3.26. The van der Waals surface area contributed by atoms with Crippen LogP contribution in [0.2, 0.25) is 18.8 Å². The molecule has 0 amide bonds. The molecule has 1 saturated carbocycles. The summed E-state index contributed by atoms with van der Waals surface area (Å²) in [4.78, 5) is 7.69. The molecule has 2 aliphatic rings. The van der Waals surface area contributed by atoms with Crippen LogP contribution < -0.4 is 0 Å². The first-order chi connectivity index (χ1) is 7.09. The maximum atomic E-state index is 5.73. The average molecular weight is 319 g/mol. The number of rotatable bonds is 2. The molecule has 2 rings (SSSR count). The molecule has 0 bridgehead atoms. The summed E-state index contributed by atoms with van der Waals surface area (Å²) in [5.74, 6) is 0.719. The van der Waals surface area contributed by atoms with Crippen molar-refractivity contribution in [1.82, 2.24) is 0 Å². The topological polar surface area (TPSA) is 18.5 Å². The quantitative estimate of drug-likeness (QED) is 0.728. The molecule has 0 spiro atoms. The molecule has 1 heterocycles. The van der Waals surface area contributed by atoms with Crippen LogP contribution in [0.4, 0.5) is 0 Å². The van der Waals surface area contributed by atoms with Crippen molar-refractivity contribution in [2.45, 2.75) is 50.7 Å². The number of hydrogen-bond donors (Lipinski definition) is 0. The van der Waals surface area contributed by atoms with Crippen LogP contribution in [-0.2, 0) is 9.47 Å². The van der Waals surface area contributed by atoms with Gasteiger partial charge in [0.2, 0.25) is 0 Å². The molecule has 1 aliphatic heterocycles. The summed E-state index contributed by atoms with van der Waals surface area (Å²) in [7, 11) is 0. The van der Waals surface area contributed by atoms with Crippen LogP contribution in [0.1, 0.15) is 25.7 Å². The summed E-state index contributed by atoms with van der Waals surface area (Å²) < 4.78 is 12.4. The summed E-state index contributed by atoms with van der Waals surface area (Å²) in [6.07, 6.45) is 5.73. The minimum absolute atomic E-state index is 0.145. The monoisotopic (exact) mass is 320 g/mol. The van der Waals surface area contributed by atoms with Crippen molar-refractivity contribution >= 4 is 18.4 Å². The van der Waals surface area contributed by atoms with Gasteiger partial charge < -0.3 is 0 Å². The van der Waals surface area contributed by atoms with Crippen LogP contribution in [0.5, 0.6) is 0 Å². The van der Waals surface area contributed by atoms with Crippen molar-refractivity contribution < 1.29 is 9.47 Å². The molecule has 0 N–H and O–H groups in total. The van der Waals surface area contributed by atoms with Crippen LogP contribution in [0.15, 0.2) is 0 Å². The van der Waals surface area contributed by atoms with E-state index >= 15 is 0 Å². The molecule has 0 radical (unpaired) electrons. The van der Waals surface area contributed by atoms with E-state index < -0.39 is 18.4 Å². The Labute approximate surface area is 97.6 Å². The second-order valence-electron chi connectivity index (χ2n) is 6.03. The van der Waals surface area contributed by atoms with Crippen molar-refractivity contribution in [3.8, 4) is 0 Å². The Morgan fingerprint density at radius 1 is 0.933 bits per heavy atom. The zero-order valence-electron chi connectivity index (χ0n) is 10.3. The van der Waals surface area contributed by atoms with Crippen molar-refractivity contribution in [2.75, 3.05) is 13.2 Å². The minimum atomic E-state index is -1.78. The molecule has 1 aliphatic carbocycles. The Kier molecular flexibility index (Phi) is 4.00. The first kappa shape index (κ1) is 12.2. The van der Waals surface area contributed by atoms with Crippen LogP contribution in [0, 0.1) is 5.92 Å². The van der Waals surface area contributed by atoms with Crippen molar-refractivity contribution in [3.05, 3.63) is 0 Å². The third-order valence-corrected chi connectivity index (χ3v) is 12.3. The van der Waals surface area contributed by atoms with Gasteiger partial charge >= 0.3 is 97.7 Å². The second-order valence-corrected chi connectivity index (χ2v) is 21.7. The molecule has 0 aromatic rings. The van der Waals surface area contributed by atoms with Gasteiger partial charge in [-0.2, -0.15) is 0 Å². The van der Waals surface area contributed by atoms with Gasteiger partial charge in [-0.1, -0.05) is 0 Å². The van der Waals surface area contributed by atoms with Gasteiger partial charge in [0.25, 0.3) is 0 Å². The molecule has 2 nitrogen and oxygen atoms in total. The van der Waals surface area contributed by atoms with Gasteiger partial charge in [-0.3, -0.25) is 0 Å². The fourth-order valence-corrected chi connectivity index (χ4v) is 10.8. The van der Waals surface area contributed by atoms with Crippen molar-refractivity contribution in [3.63, 3.8) is 0 Å². The number of hydrogen-bond acceptors (Lipinski definition) is 2. The van der Waals surface area contributed by atoms with E-state index in [0.717, 1.165) is 23.1 Å². The fourth-order valence-electron chi connectivity index (χ4n) is 3.18. The van der Waals surface area contributed by atoms with Crippen LogP contribution in [-0.4, -0.2) is 37.9 Å². The van der Waals surface area contributed by atoms with Gasteiger partial charge in [-0.15, -0.1) is 0 Å². The van der Waals surface area contributed by atoms with Crippen LogP contribution >= 0.6 is 0 Å². The standard InChI is InChI=1S/C9H15O2.3CH3.Sn/c1-2-4-8(5-3-1)9-10-6-7-11-9;;;;/h4,8-9H,1-3,5-7H2;3*1H3;/t8-;;;;/m0..../s1. The molecule has 88 valence electrons. The zero-order valence-corrected chi connectivity index (χ0v) is 13.1. The van der Waals surface area contributed by atoms with Crippen molar-refractivity contribution in [1.29, 1.82) is 0 Å². The summed E-state index contributed by atoms with van der Waals surface area (Å²) in [5.41, 5.74) is 0. The van der Waals surface area contributed by atoms with Gasteiger partial charge in [0.1, 0.15) is 0 Å². The van der Waals surface area contributed by atoms with Gasteiger partial charge in [-0.05, 0) is 0 Å². The van der Waals surface area contributed by atoms with E-state index in [0.29, 0.717) is 0 Å². The molecule has 1 saturated heterocycles. The molecule has 2 fully saturated rings. The zero-order chi connectivity index (χ0) is 10.9. The van der Waals surface area contributed by atoms with Gasteiger partial charge in [0.15, 0.2) is 0 Å². The molecular weight excluding hydrogens is 295 g/mol. The fraction of sp³-hybridized carbons (Fsp3) is 1.00. The van der Waals surface area contributed by atoms with E-state index in [1.165, 1.54) is 25.7 Å². The second kappa shape index (κ2) is 4.92. The average Bonchev–Trinajstić information content (AvgIpc) is 2.69. The van der Waals surface area contributed by atoms with E-state index in [-0.39, 0.29) is 6.29 Å². The molecule has 0 aromatic carbocycles. The van der Waals surface area contributed by atoms with Crippen LogP contribution in [0.25, 0.3) is 0 Å². The van der Waals surface area contributed by atoms with Gasteiger partial charge in [0, 0.05) is 0 Å². The summed E-state index contributed by atoms with van der Waals surface area (Å²) >= 11 is -1.78. The Hall–Kier alpha value is 0.719. The molecule has 2 atom stereocenters. The third-order valence-electron chi connectivity index (χ3n) is 3.93. The number of ether oxygens (including phenoxy) is 2. The normalized spacial score (nSPS) is 34.6. The molecule has 0 unspecified atom stereocenters. The summed E-state index contributed by atoms with van der Waals surface area (Å²) in [6, 6.07) is 0. The summed E-state index contributed by atoms with van der Waals surface area (Å²) in [5, 5.41) is 0. The van der Waals surface area contributed by atoms with Crippen LogP contribution in [0.3, 0.4) is 0 Å². The third kappa shape index (κ3) is 2.89. The van der Waals surface area contributed by atoms with E-state index in [1.54, 1.807) is 0 Å². The van der Waals surface area contributed by atoms with E-state index in [1.807, 2.05) is 0 Å². The first-order valence-corrected chi connectivity index (χ1v) is 16.5. The summed E-state index contributed by atoms with van der Waals surface area (Å²) in [6.45, 7) is 1.63. The van der Waals surface area contributed by atoms with Gasteiger partial charge in [-0.25, -0.2) is 0 Å². The Balaban J connectivity index is 2.05. The van der Waals surface area contributed by atoms with Gasteiger partial charge in [0.05, 0.1) is 0 Å². The van der Waals surface area contributed by atoms with Crippen molar-refractivity contribution in [2.24, 2.45) is 5.92 Å². The predicted molar refractivity (Wildman–Crippen MR) is 64.7 cm³/mol. The molecular formula is C12H24O2Sn. The van der Waals surface area contributed by atoms with E-state index in [2.05, 4.69) is 14.8 Å². The Morgan fingerprint density at radius 2 is 1.53 bits per heavy atom. The Bertz CT molecular complexity index is 206. The molecule has 3 heteroatoms. The SMILES string of the molecule is [CH3][Sn]([CH3])([CH3])[C@@H]1CCCC[C@H]1C1OCCO1. The molecule has 0 aromatic heterocycles. The first-order valence-electron chi connectivity index (χ1n) is 6.32. The molecule has 15 heavy (non-hydrogen) atoms.